The first kappa shape index (κ1) is 19.7. The number of sulfone groups is 2. The van der Waals surface area contributed by atoms with Gasteiger partial charge < -0.3 is 4.90 Å². The molecule has 2 unspecified atom stereocenters. The number of nitrogens with zero attached hydrogens (tertiary/aromatic N) is 2. The maximum Gasteiger partial charge on any atom is 0.224 e. The van der Waals surface area contributed by atoms with Crippen LogP contribution in [0.25, 0.3) is 0 Å². The molecule has 0 spiro atoms. The van der Waals surface area contributed by atoms with Crippen LogP contribution in [0.15, 0.2) is 0 Å². The van der Waals surface area contributed by atoms with E-state index in [0.29, 0.717) is 38.9 Å². The molecule has 0 aromatic heterocycles. The first-order chi connectivity index (χ1) is 11.2. The Labute approximate surface area is 145 Å². The van der Waals surface area contributed by atoms with Crippen molar-refractivity contribution in [2.75, 3.05) is 42.6 Å². The number of hydrogen-bond donors (Lipinski definition) is 0. The van der Waals surface area contributed by atoms with Crippen molar-refractivity contribution in [3.8, 4) is 0 Å². The summed E-state index contributed by atoms with van der Waals surface area (Å²) in [6.07, 6.45) is 1.44. The van der Waals surface area contributed by atoms with Crippen molar-refractivity contribution in [2.24, 2.45) is 0 Å². The van der Waals surface area contributed by atoms with E-state index in [2.05, 4.69) is 4.90 Å². The smallest absolute Gasteiger partial charge is 0.224 e. The molecule has 7 nitrogen and oxygen atoms in total. The van der Waals surface area contributed by atoms with Crippen LogP contribution < -0.4 is 0 Å². The minimum Gasteiger partial charge on any atom is -0.339 e. The van der Waals surface area contributed by atoms with Gasteiger partial charge >= 0.3 is 0 Å². The van der Waals surface area contributed by atoms with Gasteiger partial charge in [-0.1, -0.05) is 6.92 Å². The largest absolute Gasteiger partial charge is 0.339 e. The number of rotatable bonds is 7. The van der Waals surface area contributed by atoms with Crippen LogP contribution in [-0.2, 0) is 24.5 Å². The molecule has 140 valence electrons. The lowest BCUT2D eigenvalue weighted by molar-refractivity contribution is -0.133. The Hall–Kier alpha value is -0.670. The molecule has 2 heterocycles. The summed E-state index contributed by atoms with van der Waals surface area (Å²) in [5, 5.41) is 0. The van der Waals surface area contributed by atoms with E-state index in [1.807, 2.05) is 13.8 Å². The van der Waals surface area contributed by atoms with Crippen molar-refractivity contribution in [2.45, 2.75) is 45.2 Å². The van der Waals surface area contributed by atoms with Crippen molar-refractivity contribution in [3.05, 3.63) is 0 Å². The normalized spacial score (nSPS) is 28.3. The lowest BCUT2D eigenvalue weighted by atomic mass is 10.2. The molecule has 0 saturated carbocycles. The Morgan fingerprint density at radius 3 is 1.88 bits per heavy atom. The maximum absolute atomic E-state index is 12.5. The van der Waals surface area contributed by atoms with Gasteiger partial charge in [-0.2, -0.15) is 0 Å². The van der Waals surface area contributed by atoms with Gasteiger partial charge in [-0.25, -0.2) is 16.8 Å². The molecule has 0 aromatic carbocycles. The molecule has 1 amide bonds. The summed E-state index contributed by atoms with van der Waals surface area (Å²) >= 11 is 0. The molecular weight excluding hydrogens is 352 g/mol. The van der Waals surface area contributed by atoms with Gasteiger partial charge in [-0.05, 0) is 26.3 Å². The van der Waals surface area contributed by atoms with Crippen LogP contribution in [0.3, 0.4) is 0 Å². The van der Waals surface area contributed by atoms with Crippen LogP contribution in [0.5, 0.6) is 0 Å². The fraction of sp³-hybridized carbons (Fsp3) is 0.933. The van der Waals surface area contributed by atoms with Crippen LogP contribution >= 0.6 is 0 Å². The predicted octanol–water partition coefficient (Wildman–Crippen LogP) is -0.0789. The minimum absolute atomic E-state index is 0.00488. The summed E-state index contributed by atoms with van der Waals surface area (Å²) in [6, 6.07) is -0.218. The van der Waals surface area contributed by atoms with E-state index < -0.39 is 19.7 Å². The van der Waals surface area contributed by atoms with Gasteiger partial charge in [-0.3, -0.25) is 9.69 Å². The monoisotopic (exact) mass is 380 g/mol. The Morgan fingerprint density at radius 1 is 0.917 bits per heavy atom. The molecular formula is C15H28N2O5S2. The van der Waals surface area contributed by atoms with Crippen molar-refractivity contribution in [1.82, 2.24) is 9.80 Å². The van der Waals surface area contributed by atoms with Crippen LogP contribution in [-0.4, -0.2) is 87.3 Å². The third-order valence-corrected chi connectivity index (χ3v) is 8.55. The Balaban J connectivity index is 1.90. The third-order valence-electron chi connectivity index (χ3n) is 5.05. The minimum atomic E-state index is -3.02. The molecule has 2 aliphatic rings. The number of carbonyl (C=O) groups excluding carboxylic acids is 1. The highest BCUT2D eigenvalue weighted by Gasteiger charge is 2.35. The molecule has 2 saturated heterocycles. The molecule has 2 fully saturated rings. The molecule has 0 radical (unpaired) electrons. The van der Waals surface area contributed by atoms with Gasteiger partial charge in [0.25, 0.3) is 0 Å². The van der Waals surface area contributed by atoms with E-state index in [4.69, 9.17) is 0 Å². The third kappa shape index (κ3) is 4.92. The summed E-state index contributed by atoms with van der Waals surface area (Å²) in [7, 11) is -5.96. The molecule has 24 heavy (non-hydrogen) atoms. The summed E-state index contributed by atoms with van der Waals surface area (Å²) in [6.45, 7) is 5.56. The van der Waals surface area contributed by atoms with E-state index in [1.165, 1.54) is 0 Å². The Morgan fingerprint density at radius 2 is 1.46 bits per heavy atom. The maximum atomic E-state index is 12.5. The predicted molar refractivity (Wildman–Crippen MR) is 93.4 cm³/mol. The molecule has 2 aliphatic heterocycles. The van der Waals surface area contributed by atoms with E-state index >= 15 is 0 Å². The topological polar surface area (TPSA) is 91.8 Å². The number of carbonyl (C=O) groups is 1. The van der Waals surface area contributed by atoms with E-state index in [-0.39, 0.29) is 41.0 Å². The standard InChI is InChI=1S/C15H28N2O5S2/c1-3-16(13-6-9-23(19,20)11-13)8-5-15(18)17(4-2)14-7-10-24(21,22)12-14/h13-14H,3-12H2,1-2H3. The summed E-state index contributed by atoms with van der Waals surface area (Å²) in [4.78, 5) is 16.2. The molecule has 0 N–H and O–H groups in total. The zero-order valence-corrected chi connectivity index (χ0v) is 16.1. The molecule has 2 atom stereocenters. The van der Waals surface area contributed by atoms with Crippen LogP contribution in [0, 0.1) is 0 Å². The second-order valence-electron chi connectivity index (χ2n) is 6.67. The summed E-state index contributed by atoms with van der Waals surface area (Å²) in [5.41, 5.74) is 0. The lowest BCUT2D eigenvalue weighted by Gasteiger charge is -2.30. The summed E-state index contributed by atoms with van der Waals surface area (Å²) in [5.74, 6) is 0.572. The van der Waals surface area contributed by atoms with E-state index in [1.54, 1.807) is 4.90 Å². The van der Waals surface area contributed by atoms with Crippen LogP contribution in [0.4, 0.5) is 0 Å². The second-order valence-corrected chi connectivity index (χ2v) is 11.1. The van der Waals surface area contributed by atoms with Crippen molar-refractivity contribution in [1.29, 1.82) is 0 Å². The molecule has 2 rings (SSSR count). The van der Waals surface area contributed by atoms with Gasteiger partial charge in [0.2, 0.25) is 5.91 Å². The fourth-order valence-corrected chi connectivity index (χ4v) is 7.20. The van der Waals surface area contributed by atoms with Crippen molar-refractivity contribution >= 4 is 25.6 Å². The molecule has 0 aliphatic carbocycles. The van der Waals surface area contributed by atoms with Crippen molar-refractivity contribution < 1.29 is 21.6 Å². The molecule has 9 heteroatoms. The average Bonchev–Trinajstić information content (AvgIpc) is 3.03. The highest BCUT2D eigenvalue weighted by molar-refractivity contribution is 7.91. The second kappa shape index (κ2) is 7.70. The first-order valence-electron chi connectivity index (χ1n) is 8.61. The average molecular weight is 381 g/mol. The molecule has 0 aromatic rings. The highest BCUT2D eigenvalue weighted by atomic mass is 32.2. The molecule has 0 bridgehead atoms. The van der Waals surface area contributed by atoms with E-state index in [0.717, 1.165) is 0 Å². The van der Waals surface area contributed by atoms with Gasteiger partial charge in [0.15, 0.2) is 19.7 Å². The van der Waals surface area contributed by atoms with Crippen molar-refractivity contribution in [3.63, 3.8) is 0 Å². The Bertz CT molecular complexity index is 659. The zero-order valence-electron chi connectivity index (χ0n) is 14.5. The van der Waals surface area contributed by atoms with Gasteiger partial charge in [0.1, 0.15) is 0 Å². The number of amides is 1. The lowest BCUT2D eigenvalue weighted by Crippen LogP contribution is -2.43. The SMILES string of the molecule is CCN(CCC(=O)N(CC)C1CCS(=O)(=O)C1)C1CCS(=O)(=O)C1. The quantitative estimate of drug-likeness (QED) is 0.613. The fourth-order valence-electron chi connectivity index (χ4n) is 3.70. The van der Waals surface area contributed by atoms with Gasteiger partial charge in [0, 0.05) is 31.6 Å². The van der Waals surface area contributed by atoms with Crippen LogP contribution in [0.1, 0.15) is 33.1 Å². The van der Waals surface area contributed by atoms with Gasteiger partial charge in [-0.15, -0.1) is 0 Å². The van der Waals surface area contributed by atoms with Gasteiger partial charge in [0.05, 0.1) is 23.0 Å². The van der Waals surface area contributed by atoms with E-state index in [9.17, 15) is 21.6 Å². The zero-order chi connectivity index (χ0) is 18.0. The highest BCUT2D eigenvalue weighted by Crippen LogP contribution is 2.20. The number of hydrogen-bond acceptors (Lipinski definition) is 6. The Kier molecular flexibility index (Phi) is 6.30. The summed E-state index contributed by atoms with van der Waals surface area (Å²) < 4.78 is 46.5. The first-order valence-corrected chi connectivity index (χ1v) is 12.3. The van der Waals surface area contributed by atoms with Crippen LogP contribution in [0.2, 0.25) is 0 Å².